The molecule has 0 saturated heterocycles. The lowest BCUT2D eigenvalue weighted by Gasteiger charge is -2.27. The largest absolute Gasteiger partial charge is 0.493 e. The van der Waals surface area contributed by atoms with Crippen LogP contribution in [0.5, 0.6) is 28.7 Å². The molecular formula is C24H30O7. The number of esters is 1. The maximum absolute atomic E-state index is 11.9. The van der Waals surface area contributed by atoms with Gasteiger partial charge in [-0.25, -0.2) is 0 Å². The van der Waals surface area contributed by atoms with Gasteiger partial charge in [0.25, 0.3) is 0 Å². The molecular weight excluding hydrogens is 400 g/mol. The number of carbonyl (C=O) groups is 1. The molecule has 7 heteroatoms. The van der Waals surface area contributed by atoms with Crippen molar-refractivity contribution >= 4 is 5.97 Å². The van der Waals surface area contributed by atoms with Gasteiger partial charge in [0.05, 0.1) is 28.4 Å². The lowest BCUT2D eigenvalue weighted by Crippen LogP contribution is -2.26. The Morgan fingerprint density at radius 2 is 1.58 bits per heavy atom. The summed E-state index contributed by atoms with van der Waals surface area (Å²) in [6.07, 6.45) is 1.09. The smallest absolute Gasteiger partial charge is 0.303 e. The molecule has 0 amide bonds. The Balaban J connectivity index is 2.48. The predicted octanol–water partition coefficient (Wildman–Crippen LogP) is 4.52. The van der Waals surface area contributed by atoms with E-state index in [9.17, 15) is 4.79 Å². The number of rotatable bonds is 11. The Hall–Kier alpha value is -3.35. The van der Waals surface area contributed by atoms with Gasteiger partial charge in [-0.15, -0.1) is 6.58 Å². The molecule has 0 N–H and O–H groups in total. The normalized spacial score (nSPS) is 12.3. The standard InChI is InChI=1S/C24H30O7/c1-8-9-17-10-13-20(27-5)24(23(17)29-7)30-15(2)22(31-16(3)25)18-11-12-19(26-4)21(14-18)28-6/h8,10-15,22H,1,9H2,2-7H3. The lowest BCUT2D eigenvalue weighted by atomic mass is 10.0. The minimum absolute atomic E-state index is 0.425. The quantitative estimate of drug-likeness (QED) is 0.383. The molecule has 31 heavy (non-hydrogen) atoms. The van der Waals surface area contributed by atoms with E-state index in [4.69, 9.17) is 28.4 Å². The van der Waals surface area contributed by atoms with Crippen LogP contribution in [-0.4, -0.2) is 40.5 Å². The maximum atomic E-state index is 11.9. The third kappa shape index (κ3) is 5.63. The summed E-state index contributed by atoms with van der Waals surface area (Å²) in [5, 5.41) is 0. The number of carbonyl (C=O) groups excluding carboxylic acids is 1. The number of ether oxygens (including phenoxy) is 6. The number of allylic oxidation sites excluding steroid dienone is 1. The van der Waals surface area contributed by atoms with E-state index in [0.717, 1.165) is 5.56 Å². The van der Waals surface area contributed by atoms with Gasteiger partial charge in [0.1, 0.15) is 6.10 Å². The van der Waals surface area contributed by atoms with Crippen LogP contribution < -0.4 is 23.7 Å². The third-order valence-electron chi connectivity index (χ3n) is 4.71. The van der Waals surface area contributed by atoms with Crippen molar-refractivity contribution in [2.45, 2.75) is 32.5 Å². The highest BCUT2D eigenvalue weighted by atomic mass is 16.6. The van der Waals surface area contributed by atoms with Gasteiger partial charge in [0.2, 0.25) is 5.75 Å². The van der Waals surface area contributed by atoms with E-state index >= 15 is 0 Å². The minimum Gasteiger partial charge on any atom is -0.493 e. The summed E-state index contributed by atoms with van der Waals surface area (Å²) in [6.45, 7) is 6.95. The molecule has 0 aromatic heterocycles. The SMILES string of the molecule is C=CCc1ccc(OC)c(OC(C)C(OC(C)=O)c2ccc(OC)c(OC)c2)c1OC. The molecule has 7 nitrogen and oxygen atoms in total. The number of methoxy groups -OCH3 is 4. The fourth-order valence-electron chi connectivity index (χ4n) is 3.29. The van der Waals surface area contributed by atoms with Gasteiger partial charge < -0.3 is 28.4 Å². The average Bonchev–Trinajstić information content (AvgIpc) is 2.77. The van der Waals surface area contributed by atoms with Crippen molar-refractivity contribution in [3.05, 3.63) is 54.1 Å². The first kappa shape index (κ1) is 23.9. The molecule has 0 radical (unpaired) electrons. The number of hydrogen-bond donors (Lipinski definition) is 0. The topological polar surface area (TPSA) is 72.5 Å². The summed E-state index contributed by atoms with van der Waals surface area (Å²) < 4.78 is 33.6. The lowest BCUT2D eigenvalue weighted by molar-refractivity contribution is -0.151. The second-order valence-electron chi connectivity index (χ2n) is 6.75. The molecule has 0 aliphatic carbocycles. The van der Waals surface area contributed by atoms with Crippen LogP contribution in [0.2, 0.25) is 0 Å². The number of hydrogen-bond acceptors (Lipinski definition) is 7. The Bertz CT molecular complexity index is 907. The van der Waals surface area contributed by atoms with Crippen molar-refractivity contribution in [2.75, 3.05) is 28.4 Å². The monoisotopic (exact) mass is 430 g/mol. The van der Waals surface area contributed by atoms with E-state index < -0.39 is 18.2 Å². The molecule has 2 rings (SSSR count). The van der Waals surface area contributed by atoms with Crippen molar-refractivity contribution in [3.8, 4) is 28.7 Å². The van der Waals surface area contributed by atoms with Crippen LogP contribution in [0.4, 0.5) is 0 Å². The minimum atomic E-state index is -0.713. The first-order valence-electron chi connectivity index (χ1n) is 9.80. The highest BCUT2D eigenvalue weighted by molar-refractivity contribution is 5.66. The molecule has 0 saturated carbocycles. The fraction of sp³-hybridized carbons (Fsp3) is 0.375. The molecule has 2 aromatic carbocycles. The van der Waals surface area contributed by atoms with Gasteiger partial charge in [-0.05, 0) is 31.5 Å². The van der Waals surface area contributed by atoms with Crippen LogP contribution in [-0.2, 0) is 16.0 Å². The van der Waals surface area contributed by atoms with Crippen LogP contribution in [0.3, 0.4) is 0 Å². The zero-order chi connectivity index (χ0) is 23.0. The van der Waals surface area contributed by atoms with Crippen LogP contribution >= 0.6 is 0 Å². The summed E-state index contributed by atoms with van der Waals surface area (Å²) >= 11 is 0. The molecule has 0 aliphatic heterocycles. The van der Waals surface area contributed by atoms with Gasteiger partial charge >= 0.3 is 5.97 Å². The van der Waals surface area contributed by atoms with Crippen molar-refractivity contribution in [1.29, 1.82) is 0 Å². The second-order valence-corrected chi connectivity index (χ2v) is 6.75. The van der Waals surface area contributed by atoms with Gasteiger partial charge in [-0.3, -0.25) is 4.79 Å². The Kier molecular flexibility index (Phi) is 8.61. The molecule has 2 atom stereocenters. The highest BCUT2D eigenvalue weighted by Crippen LogP contribution is 2.42. The van der Waals surface area contributed by atoms with Gasteiger partial charge in [-0.1, -0.05) is 18.2 Å². The average molecular weight is 430 g/mol. The summed E-state index contributed by atoms with van der Waals surface area (Å²) in [4.78, 5) is 11.9. The summed E-state index contributed by atoms with van der Waals surface area (Å²) in [7, 11) is 6.22. The molecule has 2 aromatic rings. The first-order valence-corrected chi connectivity index (χ1v) is 9.80. The van der Waals surface area contributed by atoms with Crippen molar-refractivity contribution in [2.24, 2.45) is 0 Å². The van der Waals surface area contributed by atoms with Crippen molar-refractivity contribution in [1.82, 2.24) is 0 Å². The molecule has 0 bridgehead atoms. The summed E-state index contributed by atoms with van der Waals surface area (Å²) in [5.41, 5.74) is 1.59. The zero-order valence-electron chi connectivity index (χ0n) is 18.9. The summed E-state index contributed by atoms with van der Waals surface area (Å²) in [6, 6.07) is 9.02. The molecule has 0 spiro atoms. The molecule has 0 heterocycles. The Labute approximate surface area is 183 Å². The van der Waals surface area contributed by atoms with Crippen molar-refractivity contribution in [3.63, 3.8) is 0 Å². The van der Waals surface area contributed by atoms with Gasteiger partial charge in [0, 0.05) is 18.1 Å². The number of benzene rings is 2. The van der Waals surface area contributed by atoms with E-state index in [1.165, 1.54) is 6.92 Å². The molecule has 168 valence electrons. The van der Waals surface area contributed by atoms with Gasteiger partial charge in [0.15, 0.2) is 29.1 Å². The summed E-state index contributed by atoms with van der Waals surface area (Å²) in [5.74, 6) is 2.13. The van der Waals surface area contributed by atoms with E-state index in [0.29, 0.717) is 40.7 Å². The third-order valence-corrected chi connectivity index (χ3v) is 4.71. The molecule has 2 unspecified atom stereocenters. The van der Waals surface area contributed by atoms with E-state index in [1.54, 1.807) is 58.8 Å². The van der Waals surface area contributed by atoms with Crippen LogP contribution in [0.1, 0.15) is 31.1 Å². The Morgan fingerprint density at radius 1 is 0.935 bits per heavy atom. The second kappa shape index (κ2) is 11.2. The van der Waals surface area contributed by atoms with Crippen LogP contribution in [0.25, 0.3) is 0 Å². The zero-order valence-corrected chi connectivity index (χ0v) is 18.9. The maximum Gasteiger partial charge on any atom is 0.303 e. The van der Waals surface area contributed by atoms with E-state index in [-0.39, 0.29) is 0 Å². The van der Waals surface area contributed by atoms with Crippen LogP contribution in [0.15, 0.2) is 43.0 Å². The van der Waals surface area contributed by atoms with Gasteiger partial charge in [-0.2, -0.15) is 0 Å². The first-order chi connectivity index (χ1) is 14.9. The van der Waals surface area contributed by atoms with Crippen LogP contribution in [0, 0.1) is 0 Å². The molecule has 0 aliphatic rings. The molecule has 0 fully saturated rings. The predicted molar refractivity (Wildman–Crippen MR) is 118 cm³/mol. The van der Waals surface area contributed by atoms with E-state index in [1.807, 2.05) is 13.0 Å². The van der Waals surface area contributed by atoms with Crippen molar-refractivity contribution < 1.29 is 33.2 Å². The highest BCUT2D eigenvalue weighted by Gasteiger charge is 2.28. The Morgan fingerprint density at radius 3 is 2.13 bits per heavy atom. The fourth-order valence-corrected chi connectivity index (χ4v) is 3.29. The van der Waals surface area contributed by atoms with E-state index in [2.05, 4.69) is 6.58 Å².